The summed E-state index contributed by atoms with van der Waals surface area (Å²) in [6, 6.07) is -0.00378. The minimum absolute atomic E-state index is 0.00378. The minimum atomic E-state index is -3.51. The Labute approximate surface area is 83.3 Å². The Morgan fingerprint density at radius 3 is 2.15 bits per heavy atom. The van der Waals surface area contributed by atoms with E-state index in [9.17, 15) is 13.2 Å². The lowest BCUT2D eigenvalue weighted by Crippen LogP contribution is -2.38. The molecule has 0 bridgehead atoms. The highest BCUT2D eigenvalue weighted by atomic mass is 35.7. The molecule has 1 amide bonds. The molecule has 0 atom stereocenters. The number of amides is 1. The van der Waals surface area contributed by atoms with Crippen molar-refractivity contribution in [1.29, 1.82) is 0 Å². The fourth-order valence-electron chi connectivity index (χ4n) is 0.987. The van der Waals surface area contributed by atoms with E-state index in [1.54, 1.807) is 0 Å². The topological polar surface area (TPSA) is 54.5 Å². The number of hydrogen-bond donors (Lipinski definition) is 0. The first-order valence-electron chi connectivity index (χ1n) is 3.93. The zero-order valence-electron chi connectivity index (χ0n) is 7.95. The third-order valence-electron chi connectivity index (χ3n) is 1.60. The summed E-state index contributed by atoms with van der Waals surface area (Å²) in [7, 11) is 1.51. The standard InChI is InChI=1S/C7H14ClNO3S/c1-6(2)9(7(3)10)4-5-13(8,11)12/h6H,4-5H2,1-3H3. The molecule has 13 heavy (non-hydrogen) atoms. The van der Waals surface area contributed by atoms with Gasteiger partial charge in [0.25, 0.3) is 0 Å². The van der Waals surface area contributed by atoms with Crippen molar-refractivity contribution in [2.24, 2.45) is 0 Å². The van der Waals surface area contributed by atoms with E-state index in [4.69, 9.17) is 10.7 Å². The second-order valence-corrected chi connectivity index (χ2v) is 5.95. The summed E-state index contributed by atoms with van der Waals surface area (Å²) in [5.41, 5.74) is 0. The van der Waals surface area contributed by atoms with Crippen LogP contribution in [0.3, 0.4) is 0 Å². The number of carbonyl (C=O) groups is 1. The summed E-state index contributed by atoms with van der Waals surface area (Å²) in [6.07, 6.45) is 0. The zero-order valence-corrected chi connectivity index (χ0v) is 9.52. The van der Waals surface area contributed by atoms with Gasteiger partial charge in [0.05, 0.1) is 5.75 Å². The predicted molar refractivity (Wildman–Crippen MR) is 52.2 cm³/mol. The molecule has 0 saturated heterocycles. The van der Waals surface area contributed by atoms with E-state index in [-0.39, 0.29) is 24.2 Å². The van der Waals surface area contributed by atoms with Gasteiger partial charge >= 0.3 is 0 Å². The highest BCUT2D eigenvalue weighted by Gasteiger charge is 2.15. The lowest BCUT2D eigenvalue weighted by atomic mass is 10.3. The molecule has 0 aromatic heterocycles. The molecular weight excluding hydrogens is 214 g/mol. The first-order valence-corrected chi connectivity index (χ1v) is 6.41. The van der Waals surface area contributed by atoms with Gasteiger partial charge in [0, 0.05) is 30.2 Å². The lowest BCUT2D eigenvalue weighted by Gasteiger charge is -2.24. The molecule has 0 aliphatic carbocycles. The maximum Gasteiger partial charge on any atom is 0.234 e. The number of hydrogen-bond acceptors (Lipinski definition) is 3. The maximum atomic E-state index is 11.0. The molecular formula is C7H14ClNO3S. The van der Waals surface area contributed by atoms with Crippen LogP contribution in [0, 0.1) is 0 Å². The Balaban J connectivity index is 4.22. The van der Waals surface area contributed by atoms with Crippen LogP contribution < -0.4 is 0 Å². The van der Waals surface area contributed by atoms with Crippen molar-refractivity contribution >= 4 is 25.6 Å². The second kappa shape index (κ2) is 4.81. The summed E-state index contributed by atoms with van der Waals surface area (Å²) in [5, 5.41) is 0. The minimum Gasteiger partial charge on any atom is -0.339 e. The van der Waals surface area contributed by atoms with Crippen molar-refractivity contribution in [3.63, 3.8) is 0 Å². The fourth-order valence-corrected chi connectivity index (χ4v) is 1.61. The highest BCUT2D eigenvalue weighted by molar-refractivity contribution is 8.13. The third-order valence-corrected chi connectivity index (χ3v) is 2.74. The average molecular weight is 228 g/mol. The van der Waals surface area contributed by atoms with E-state index < -0.39 is 9.05 Å². The molecule has 0 spiro atoms. The van der Waals surface area contributed by atoms with E-state index in [1.807, 2.05) is 13.8 Å². The van der Waals surface area contributed by atoms with Crippen LogP contribution in [0.4, 0.5) is 0 Å². The molecule has 0 N–H and O–H groups in total. The van der Waals surface area contributed by atoms with Crippen LogP contribution in [0.5, 0.6) is 0 Å². The first kappa shape index (κ1) is 12.7. The lowest BCUT2D eigenvalue weighted by molar-refractivity contribution is -0.130. The Bertz CT molecular complexity index is 273. The van der Waals surface area contributed by atoms with Gasteiger partial charge in [-0.2, -0.15) is 0 Å². The molecule has 0 radical (unpaired) electrons. The van der Waals surface area contributed by atoms with Crippen molar-refractivity contribution in [3.05, 3.63) is 0 Å². The molecule has 0 rings (SSSR count). The first-order chi connectivity index (χ1) is 5.74. The van der Waals surface area contributed by atoms with E-state index in [0.29, 0.717) is 0 Å². The fraction of sp³-hybridized carbons (Fsp3) is 0.857. The van der Waals surface area contributed by atoms with Crippen LogP contribution in [-0.4, -0.2) is 37.6 Å². The summed E-state index contributed by atoms with van der Waals surface area (Å²) >= 11 is 0. The van der Waals surface area contributed by atoms with E-state index in [2.05, 4.69) is 0 Å². The van der Waals surface area contributed by atoms with Gasteiger partial charge in [-0.1, -0.05) is 0 Å². The quantitative estimate of drug-likeness (QED) is 0.668. The van der Waals surface area contributed by atoms with Crippen LogP contribution in [0.2, 0.25) is 0 Å². The summed E-state index contributed by atoms with van der Waals surface area (Å²) in [5.74, 6) is -0.345. The van der Waals surface area contributed by atoms with Gasteiger partial charge in [-0.3, -0.25) is 4.79 Å². The van der Waals surface area contributed by atoms with Crippen LogP contribution >= 0.6 is 10.7 Å². The van der Waals surface area contributed by atoms with Crippen molar-refractivity contribution in [1.82, 2.24) is 4.90 Å². The average Bonchev–Trinajstić information content (AvgIpc) is 1.82. The summed E-state index contributed by atoms with van der Waals surface area (Å²) < 4.78 is 21.2. The highest BCUT2D eigenvalue weighted by Crippen LogP contribution is 2.02. The summed E-state index contributed by atoms with van der Waals surface area (Å²) in [6.45, 7) is 5.20. The van der Waals surface area contributed by atoms with Gasteiger partial charge in [0.15, 0.2) is 0 Å². The SMILES string of the molecule is CC(=O)N(CCS(=O)(=O)Cl)C(C)C. The van der Waals surface area contributed by atoms with Crippen LogP contribution in [0.1, 0.15) is 20.8 Å². The molecule has 0 aliphatic rings. The predicted octanol–water partition coefficient (Wildman–Crippen LogP) is 0.812. The van der Waals surface area contributed by atoms with E-state index >= 15 is 0 Å². The van der Waals surface area contributed by atoms with Crippen molar-refractivity contribution < 1.29 is 13.2 Å². The zero-order chi connectivity index (χ0) is 10.6. The largest absolute Gasteiger partial charge is 0.339 e. The smallest absolute Gasteiger partial charge is 0.234 e. The molecule has 0 aromatic carbocycles. The molecule has 0 fully saturated rings. The van der Waals surface area contributed by atoms with Crippen LogP contribution in [0.25, 0.3) is 0 Å². The molecule has 0 saturated carbocycles. The number of nitrogens with zero attached hydrogens (tertiary/aromatic N) is 1. The van der Waals surface area contributed by atoms with E-state index in [1.165, 1.54) is 11.8 Å². The van der Waals surface area contributed by atoms with Gasteiger partial charge in [-0.05, 0) is 13.8 Å². The molecule has 0 aliphatic heterocycles. The van der Waals surface area contributed by atoms with Gasteiger partial charge in [-0.15, -0.1) is 0 Å². The molecule has 0 aromatic rings. The Morgan fingerprint density at radius 2 is 1.92 bits per heavy atom. The Kier molecular flexibility index (Phi) is 4.70. The van der Waals surface area contributed by atoms with Crippen LogP contribution in [-0.2, 0) is 13.8 Å². The van der Waals surface area contributed by atoms with E-state index in [0.717, 1.165) is 0 Å². The van der Waals surface area contributed by atoms with Gasteiger partial charge in [0.2, 0.25) is 15.0 Å². The van der Waals surface area contributed by atoms with Crippen molar-refractivity contribution in [2.75, 3.05) is 12.3 Å². The molecule has 0 unspecified atom stereocenters. The molecule has 4 nitrogen and oxygen atoms in total. The monoisotopic (exact) mass is 227 g/mol. The Hall–Kier alpha value is -0.290. The number of rotatable bonds is 4. The third kappa shape index (κ3) is 5.87. The van der Waals surface area contributed by atoms with Crippen molar-refractivity contribution in [2.45, 2.75) is 26.8 Å². The van der Waals surface area contributed by atoms with Crippen LogP contribution in [0.15, 0.2) is 0 Å². The van der Waals surface area contributed by atoms with Gasteiger partial charge < -0.3 is 4.90 Å². The van der Waals surface area contributed by atoms with Gasteiger partial charge in [-0.25, -0.2) is 8.42 Å². The van der Waals surface area contributed by atoms with Crippen molar-refractivity contribution in [3.8, 4) is 0 Å². The van der Waals surface area contributed by atoms with Gasteiger partial charge in [0.1, 0.15) is 0 Å². The molecule has 0 heterocycles. The normalized spacial score (nSPS) is 11.8. The second-order valence-electron chi connectivity index (χ2n) is 3.05. The maximum absolute atomic E-state index is 11.0. The molecule has 78 valence electrons. The summed E-state index contributed by atoms with van der Waals surface area (Å²) in [4.78, 5) is 12.4. The Morgan fingerprint density at radius 1 is 1.46 bits per heavy atom. The number of halogens is 1. The molecule has 6 heteroatoms. The number of carbonyl (C=O) groups excluding carboxylic acids is 1.